The zero-order valence-electron chi connectivity index (χ0n) is 10.3. The molecule has 18 heavy (non-hydrogen) atoms. The Labute approximate surface area is 108 Å². The van der Waals surface area contributed by atoms with Gasteiger partial charge in [0.2, 0.25) is 0 Å². The molecule has 0 amide bonds. The molecule has 1 heterocycles. The minimum absolute atomic E-state index is 0.235. The first-order valence-electron chi connectivity index (χ1n) is 6.12. The van der Waals surface area contributed by atoms with Crippen LogP contribution in [0.4, 0.5) is 0 Å². The molecule has 0 atom stereocenters. The minimum Gasteiger partial charge on any atom is -0.396 e. The maximum atomic E-state index is 8.71. The molecule has 0 aliphatic rings. The van der Waals surface area contributed by atoms with E-state index in [1.807, 2.05) is 18.3 Å². The smallest absolute Gasteiger partial charge is 0.0443 e. The second kappa shape index (κ2) is 6.89. The lowest BCUT2D eigenvalue weighted by atomic mass is 10.0. The molecule has 0 spiro atoms. The van der Waals surface area contributed by atoms with Gasteiger partial charge in [-0.1, -0.05) is 18.2 Å². The highest BCUT2D eigenvalue weighted by Crippen LogP contribution is 2.18. The predicted octanol–water partition coefficient (Wildman–Crippen LogP) is 2.02. The molecule has 2 aromatic rings. The molecule has 2 N–H and O–H groups in total. The van der Waals surface area contributed by atoms with Crippen LogP contribution in [0.3, 0.4) is 0 Å². The van der Waals surface area contributed by atoms with Gasteiger partial charge in [-0.3, -0.25) is 4.98 Å². The quantitative estimate of drug-likeness (QED) is 0.761. The van der Waals surface area contributed by atoms with Gasteiger partial charge in [-0.05, 0) is 36.2 Å². The summed E-state index contributed by atoms with van der Waals surface area (Å²) in [5, 5.41) is 12.0. The van der Waals surface area contributed by atoms with Gasteiger partial charge in [0.05, 0.1) is 0 Å². The van der Waals surface area contributed by atoms with Gasteiger partial charge in [0.25, 0.3) is 0 Å². The maximum absolute atomic E-state index is 8.71. The third-order valence-electron chi connectivity index (χ3n) is 2.70. The van der Waals surface area contributed by atoms with E-state index in [4.69, 9.17) is 5.11 Å². The molecular weight excluding hydrogens is 224 g/mol. The Kier molecular flexibility index (Phi) is 4.88. The molecule has 0 aliphatic carbocycles. The molecule has 0 bridgehead atoms. The SMILES string of the molecule is OCCCNCc1cccc(-c2c[c]cnc2)c1. The number of aliphatic hydroxyl groups excluding tert-OH is 1. The van der Waals surface area contributed by atoms with Crippen LogP contribution in [0.2, 0.25) is 0 Å². The Morgan fingerprint density at radius 2 is 2.22 bits per heavy atom. The van der Waals surface area contributed by atoms with Crippen LogP contribution in [0, 0.1) is 6.07 Å². The number of benzene rings is 1. The fourth-order valence-electron chi connectivity index (χ4n) is 1.78. The third kappa shape index (κ3) is 3.65. The minimum atomic E-state index is 0.235. The number of nitrogens with zero attached hydrogens (tertiary/aromatic N) is 1. The summed E-state index contributed by atoms with van der Waals surface area (Å²) in [6, 6.07) is 13.3. The zero-order chi connectivity index (χ0) is 12.6. The Hall–Kier alpha value is -1.71. The molecule has 0 fully saturated rings. The average Bonchev–Trinajstić information content (AvgIpc) is 2.45. The number of hydrogen-bond acceptors (Lipinski definition) is 3. The lowest BCUT2D eigenvalue weighted by molar-refractivity contribution is 0.286. The van der Waals surface area contributed by atoms with Crippen molar-refractivity contribution in [1.29, 1.82) is 0 Å². The van der Waals surface area contributed by atoms with Gasteiger partial charge in [-0.25, -0.2) is 0 Å². The van der Waals surface area contributed by atoms with Crippen LogP contribution in [-0.4, -0.2) is 23.2 Å². The molecule has 0 saturated carbocycles. The number of aliphatic hydroxyl groups is 1. The highest BCUT2D eigenvalue weighted by molar-refractivity contribution is 5.62. The second-order valence-electron chi connectivity index (χ2n) is 4.13. The van der Waals surface area contributed by atoms with Crippen LogP contribution in [0.15, 0.2) is 42.7 Å². The van der Waals surface area contributed by atoms with Crippen LogP contribution >= 0.6 is 0 Å². The molecule has 1 aromatic heterocycles. The van der Waals surface area contributed by atoms with Gasteiger partial charge in [-0.15, -0.1) is 0 Å². The number of rotatable bonds is 6. The summed E-state index contributed by atoms with van der Waals surface area (Å²) in [5.41, 5.74) is 3.46. The summed E-state index contributed by atoms with van der Waals surface area (Å²) in [5.74, 6) is 0. The average molecular weight is 241 g/mol. The van der Waals surface area contributed by atoms with E-state index in [-0.39, 0.29) is 6.61 Å². The lowest BCUT2D eigenvalue weighted by Crippen LogP contribution is -2.15. The van der Waals surface area contributed by atoms with Crippen LogP contribution in [0.5, 0.6) is 0 Å². The standard InChI is InChI=1S/C15H17N2O/c18-9-3-8-16-11-13-4-1-5-14(10-13)15-6-2-7-17-12-15/h1,4-7,10,12,16,18H,3,8-9,11H2. The van der Waals surface area contributed by atoms with Crippen molar-refractivity contribution in [2.24, 2.45) is 0 Å². The van der Waals surface area contributed by atoms with Crippen molar-refractivity contribution in [1.82, 2.24) is 10.3 Å². The topological polar surface area (TPSA) is 45.1 Å². The molecule has 0 aliphatic heterocycles. The van der Waals surface area contributed by atoms with Gasteiger partial charge in [0.1, 0.15) is 0 Å². The molecule has 1 aromatic carbocycles. The number of nitrogens with one attached hydrogen (secondary N) is 1. The first-order valence-corrected chi connectivity index (χ1v) is 6.12. The van der Waals surface area contributed by atoms with E-state index in [0.717, 1.165) is 30.6 Å². The van der Waals surface area contributed by atoms with Crippen LogP contribution in [0.25, 0.3) is 11.1 Å². The van der Waals surface area contributed by atoms with Crippen LogP contribution in [-0.2, 0) is 6.54 Å². The molecule has 2 rings (SSSR count). The predicted molar refractivity (Wildman–Crippen MR) is 71.9 cm³/mol. The van der Waals surface area contributed by atoms with E-state index in [2.05, 4.69) is 34.6 Å². The van der Waals surface area contributed by atoms with E-state index in [1.54, 1.807) is 6.20 Å². The van der Waals surface area contributed by atoms with Gasteiger partial charge < -0.3 is 10.4 Å². The number of pyridine rings is 1. The van der Waals surface area contributed by atoms with Gasteiger partial charge in [0, 0.05) is 37.2 Å². The molecule has 93 valence electrons. The highest BCUT2D eigenvalue weighted by atomic mass is 16.3. The zero-order valence-corrected chi connectivity index (χ0v) is 10.3. The fourth-order valence-corrected chi connectivity index (χ4v) is 1.78. The van der Waals surface area contributed by atoms with Gasteiger partial charge >= 0.3 is 0 Å². The lowest BCUT2D eigenvalue weighted by Gasteiger charge is -2.06. The van der Waals surface area contributed by atoms with Crippen LogP contribution in [0.1, 0.15) is 12.0 Å². The van der Waals surface area contributed by atoms with Crippen molar-refractivity contribution in [2.75, 3.05) is 13.2 Å². The second-order valence-corrected chi connectivity index (χ2v) is 4.13. The van der Waals surface area contributed by atoms with E-state index in [9.17, 15) is 0 Å². The van der Waals surface area contributed by atoms with Crippen LogP contribution < -0.4 is 5.32 Å². The van der Waals surface area contributed by atoms with Crippen molar-refractivity contribution in [2.45, 2.75) is 13.0 Å². The van der Waals surface area contributed by atoms with E-state index in [1.165, 1.54) is 5.56 Å². The summed E-state index contributed by atoms with van der Waals surface area (Å²) >= 11 is 0. The third-order valence-corrected chi connectivity index (χ3v) is 2.70. The fraction of sp³-hybridized carbons (Fsp3) is 0.267. The van der Waals surface area contributed by atoms with E-state index in [0.29, 0.717) is 0 Å². The molecule has 0 unspecified atom stereocenters. The van der Waals surface area contributed by atoms with E-state index >= 15 is 0 Å². The first kappa shape index (κ1) is 12.7. The maximum Gasteiger partial charge on any atom is 0.0443 e. The van der Waals surface area contributed by atoms with Gasteiger partial charge in [0.15, 0.2) is 0 Å². The largest absolute Gasteiger partial charge is 0.396 e. The summed E-state index contributed by atoms with van der Waals surface area (Å²) in [6.45, 7) is 1.89. The van der Waals surface area contributed by atoms with Gasteiger partial charge in [-0.2, -0.15) is 0 Å². The Morgan fingerprint density at radius 3 is 3.00 bits per heavy atom. The first-order chi connectivity index (χ1) is 8.90. The summed E-state index contributed by atoms with van der Waals surface area (Å²) < 4.78 is 0. The summed E-state index contributed by atoms with van der Waals surface area (Å²) in [6.07, 6.45) is 4.29. The summed E-state index contributed by atoms with van der Waals surface area (Å²) in [7, 11) is 0. The Morgan fingerprint density at radius 1 is 1.28 bits per heavy atom. The van der Waals surface area contributed by atoms with Crippen molar-refractivity contribution < 1.29 is 5.11 Å². The summed E-state index contributed by atoms with van der Waals surface area (Å²) in [4.78, 5) is 4.08. The molecule has 0 saturated heterocycles. The molecule has 3 heteroatoms. The number of aromatic nitrogens is 1. The van der Waals surface area contributed by atoms with Crippen molar-refractivity contribution in [3.63, 3.8) is 0 Å². The van der Waals surface area contributed by atoms with Crippen molar-refractivity contribution in [3.8, 4) is 11.1 Å². The normalized spacial score (nSPS) is 10.5. The Bertz CT molecular complexity index is 471. The van der Waals surface area contributed by atoms with Crippen molar-refractivity contribution in [3.05, 3.63) is 54.4 Å². The van der Waals surface area contributed by atoms with Crippen molar-refractivity contribution >= 4 is 0 Å². The highest BCUT2D eigenvalue weighted by Gasteiger charge is 1.99. The molecule has 3 nitrogen and oxygen atoms in total. The van der Waals surface area contributed by atoms with E-state index < -0.39 is 0 Å². The monoisotopic (exact) mass is 241 g/mol. The molecule has 1 radical (unpaired) electrons. The Balaban J connectivity index is 2.02. The number of hydrogen-bond donors (Lipinski definition) is 2. The molecular formula is C15H17N2O.